The molecule has 0 radical (unpaired) electrons. The second-order valence-electron chi connectivity index (χ2n) is 4.41. The monoisotopic (exact) mass is 343 g/mol. The van der Waals surface area contributed by atoms with E-state index >= 15 is 0 Å². The SMILES string of the molecule is CCN(CC)CCSC(C)C(=O)c1ccc(Br)cc1. The first-order valence-electron chi connectivity index (χ1n) is 6.72. The third-order valence-electron chi connectivity index (χ3n) is 3.17. The molecule has 1 unspecified atom stereocenters. The van der Waals surface area contributed by atoms with Gasteiger partial charge in [-0.25, -0.2) is 0 Å². The van der Waals surface area contributed by atoms with Crippen LogP contribution < -0.4 is 0 Å². The summed E-state index contributed by atoms with van der Waals surface area (Å²) in [5.74, 6) is 1.22. The number of ketones is 1. The van der Waals surface area contributed by atoms with Crippen molar-refractivity contribution >= 4 is 33.5 Å². The minimum Gasteiger partial charge on any atom is -0.303 e. The molecule has 0 bridgehead atoms. The van der Waals surface area contributed by atoms with E-state index in [0.29, 0.717) is 0 Å². The number of carbonyl (C=O) groups is 1. The van der Waals surface area contributed by atoms with Crippen LogP contribution in [0.1, 0.15) is 31.1 Å². The van der Waals surface area contributed by atoms with Gasteiger partial charge >= 0.3 is 0 Å². The second-order valence-corrected chi connectivity index (χ2v) is 6.78. The lowest BCUT2D eigenvalue weighted by atomic mass is 10.1. The molecule has 0 aliphatic carbocycles. The van der Waals surface area contributed by atoms with Crippen molar-refractivity contribution in [1.29, 1.82) is 0 Å². The Bertz CT molecular complexity index is 390. The Kier molecular flexibility index (Phi) is 7.73. The van der Waals surface area contributed by atoms with Crippen LogP contribution in [0.15, 0.2) is 28.7 Å². The normalized spacial score (nSPS) is 12.7. The molecule has 1 rings (SSSR count). The average molecular weight is 344 g/mol. The number of Topliss-reactive ketones (excluding diaryl/α,β-unsaturated/α-hetero) is 1. The molecule has 19 heavy (non-hydrogen) atoms. The third-order valence-corrected chi connectivity index (χ3v) is 4.83. The Balaban J connectivity index is 2.42. The standard InChI is InChI=1S/C15H22BrNOS/c1-4-17(5-2)10-11-19-12(3)15(18)13-6-8-14(16)9-7-13/h6-9,12H,4-5,10-11H2,1-3H3. The van der Waals surface area contributed by atoms with Crippen molar-refractivity contribution in [2.75, 3.05) is 25.4 Å². The number of rotatable bonds is 8. The zero-order chi connectivity index (χ0) is 14.3. The highest BCUT2D eigenvalue weighted by Crippen LogP contribution is 2.18. The average Bonchev–Trinajstić information content (AvgIpc) is 2.43. The van der Waals surface area contributed by atoms with E-state index in [4.69, 9.17) is 0 Å². The van der Waals surface area contributed by atoms with Gasteiger partial charge in [-0.2, -0.15) is 0 Å². The Morgan fingerprint density at radius 2 is 1.84 bits per heavy atom. The van der Waals surface area contributed by atoms with Crippen LogP contribution in [-0.4, -0.2) is 41.3 Å². The molecule has 1 aromatic rings. The van der Waals surface area contributed by atoms with Gasteiger partial charge in [-0.15, -0.1) is 11.8 Å². The zero-order valence-corrected chi connectivity index (χ0v) is 14.3. The van der Waals surface area contributed by atoms with Crippen LogP contribution in [0.5, 0.6) is 0 Å². The van der Waals surface area contributed by atoms with Crippen LogP contribution in [0.2, 0.25) is 0 Å². The van der Waals surface area contributed by atoms with Gasteiger partial charge in [-0.05, 0) is 32.1 Å². The number of hydrogen-bond acceptors (Lipinski definition) is 3. The summed E-state index contributed by atoms with van der Waals surface area (Å²) >= 11 is 5.12. The molecular weight excluding hydrogens is 322 g/mol. The summed E-state index contributed by atoms with van der Waals surface area (Å²) in [5.41, 5.74) is 0.797. The lowest BCUT2D eigenvalue weighted by molar-refractivity contribution is 0.0994. The van der Waals surface area contributed by atoms with Gasteiger partial charge in [0.2, 0.25) is 0 Å². The highest BCUT2D eigenvalue weighted by molar-refractivity contribution is 9.10. The van der Waals surface area contributed by atoms with Crippen LogP contribution in [0.3, 0.4) is 0 Å². The van der Waals surface area contributed by atoms with Crippen molar-refractivity contribution in [2.45, 2.75) is 26.0 Å². The number of halogens is 1. The second kappa shape index (κ2) is 8.77. The number of benzene rings is 1. The molecule has 1 atom stereocenters. The topological polar surface area (TPSA) is 20.3 Å². The van der Waals surface area contributed by atoms with Gasteiger partial charge in [0.15, 0.2) is 5.78 Å². The molecule has 0 saturated carbocycles. The summed E-state index contributed by atoms with van der Waals surface area (Å²) in [7, 11) is 0. The molecule has 2 nitrogen and oxygen atoms in total. The molecule has 1 aromatic carbocycles. The summed E-state index contributed by atoms with van der Waals surface area (Å²) in [6.45, 7) is 9.54. The third kappa shape index (κ3) is 5.67. The summed E-state index contributed by atoms with van der Waals surface area (Å²) in [4.78, 5) is 14.6. The molecule has 0 heterocycles. The predicted molar refractivity (Wildman–Crippen MR) is 88.2 cm³/mol. The molecule has 106 valence electrons. The van der Waals surface area contributed by atoms with E-state index in [9.17, 15) is 4.79 Å². The lowest BCUT2D eigenvalue weighted by Gasteiger charge is -2.18. The molecule has 0 spiro atoms. The van der Waals surface area contributed by atoms with Gasteiger partial charge in [-0.1, -0.05) is 41.9 Å². The van der Waals surface area contributed by atoms with Gasteiger partial charge in [0.1, 0.15) is 0 Å². The number of nitrogens with zero attached hydrogens (tertiary/aromatic N) is 1. The zero-order valence-electron chi connectivity index (χ0n) is 11.9. The fourth-order valence-electron chi connectivity index (χ4n) is 1.82. The maximum Gasteiger partial charge on any atom is 0.175 e. The van der Waals surface area contributed by atoms with E-state index in [-0.39, 0.29) is 11.0 Å². The number of hydrogen-bond donors (Lipinski definition) is 0. The van der Waals surface area contributed by atoms with E-state index in [0.717, 1.165) is 35.4 Å². The minimum absolute atomic E-state index is 0.0248. The summed E-state index contributed by atoms with van der Waals surface area (Å²) < 4.78 is 1.01. The Morgan fingerprint density at radius 1 is 1.26 bits per heavy atom. The lowest BCUT2D eigenvalue weighted by Crippen LogP contribution is -2.26. The molecule has 0 saturated heterocycles. The van der Waals surface area contributed by atoms with E-state index in [1.807, 2.05) is 31.2 Å². The summed E-state index contributed by atoms with van der Waals surface area (Å²) in [6, 6.07) is 7.60. The van der Waals surface area contributed by atoms with Crippen molar-refractivity contribution < 1.29 is 4.79 Å². The summed E-state index contributed by atoms with van der Waals surface area (Å²) in [5, 5.41) is 0.0248. The highest BCUT2D eigenvalue weighted by atomic mass is 79.9. The van der Waals surface area contributed by atoms with Crippen LogP contribution in [0.4, 0.5) is 0 Å². The minimum atomic E-state index is 0.0248. The van der Waals surface area contributed by atoms with E-state index in [1.54, 1.807) is 11.8 Å². The molecule has 0 N–H and O–H groups in total. The van der Waals surface area contributed by atoms with Crippen molar-refractivity contribution in [3.63, 3.8) is 0 Å². The molecule has 0 amide bonds. The van der Waals surface area contributed by atoms with E-state index in [1.165, 1.54) is 0 Å². The highest BCUT2D eigenvalue weighted by Gasteiger charge is 2.15. The molecule has 0 aromatic heterocycles. The van der Waals surface area contributed by atoms with Gasteiger partial charge in [-0.3, -0.25) is 4.79 Å². The largest absolute Gasteiger partial charge is 0.303 e. The molecule has 0 fully saturated rings. The first-order chi connectivity index (χ1) is 9.08. The first-order valence-corrected chi connectivity index (χ1v) is 8.56. The van der Waals surface area contributed by atoms with Crippen molar-refractivity contribution in [2.24, 2.45) is 0 Å². The predicted octanol–water partition coefficient (Wildman–Crippen LogP) is 4.10. The van der Waals surface area contributed by atoms with Crippen LogP contribution >= 0.6 is 27.7 Å². The Labute approximate surface area is 129 Å². The maximum absolute atomic E-state index is 12.2. The molecular formula is C15H22BrNOS. The fourth-order valence-corrected chi connectivity index (χ4v) is 3.09. The maximum atomic E-state index is 12.2. The van der Waals surface area contributed by atoms with Crippen LogP contribution in [0.25, 0.3) is 0 Å². The molecule has 0 aliphatic heterocycles. The van der Waals surface area contributed by atoms with Crippen LogP contribution in [0, 0.1) is 0 Å². The van der Waals surface area contributed by atoms with Crippen LogP contribution in [-0.2, 0) is 0 Å². The van der Waals surface area contributed by atoms with Crippen molar-refractivity contribution in [3.8, 4) is 0 Å². The molecule has 0 aliphatic rings. The summed E-state index contributed by atoms with van der Waals surface area (Å²) in [6.07, 6.45) is 0. The van der Waals surface area contributed by atoms with E-state index in [2.05, 4.69) is 34.7 Å². The van der Waals surface area contributed by atoms with Crippen molar-refractivity contribution in [3.05, 3.63) is 34.3 Å². The number of carbonyl (C=O) groups excluding carboxylic acids is 1. The van der Waals surface area contributed by atoms with Gasteiger partial charge in [0, 0.05) is 22.3 Å². The fraction of sp³-hybridized carbons (Fsp3) is 0.533. The first kappa shape index (κ1) is 16.7. The molecule has 4 heteroatoms. The van der Waals surface area contributed by atoms with Gasteiger partial charge in [0.25, 0.3) is 0 Å². The number of thioether (sulfide) groups is 1. The smallest absolute Gasteiger partial charge is 0.175 e. The van der Waals surface area contributed by atoms with Gasteiger partial charge in [0.05, 0.1) is 5.25 Å². The Hall–Kier alpha value is -0.320. The quantitative estimate of drug-likeness (QED) is 0.663. The Morgan fingerprint density at radius 3 is 2.37 bits per heavy atom. The van der Waals surface area contributed by atoms with Crippen molar-refractivity contribution in [1.82, 2.24) is 4.90 Å². The van der Waals surface area contributed by atoms with E-state index < -0.39 is 0 Å². The van der Waals surface area contributed by atoms with Gasteiger partial charge < -0.3 is 4.90 Å².